The first-order valence-electron chi connectivity index (χ1n) is 8.28. The highest BCUT2D eigenvalue weighted by atomic mass is 16.5. The van der Waals surface area contributed by atoms with Crippen molar-refractivity contribution in [2.24, 2.45) is 5.73 Å². The number of ether oxygens (including phenoxy) is 1. The van der Waals surface area contributed by atoms with E-state index in [0.29, 0.717) is 0 Å². The van der Waals surface area contributed by atoms with Gasteiger partial charge in [-0.25, -0.2) is 4.79 Å². The Hall–Kier alpha value is -2.41. The van der Waals surface area contributed by atoms with Crippen molar-refractivity contribution in [1.82, 2.24) is 5.32 Å². The zero-order valence-electron chi connectivity index (χ0n) is 13.8. The van der Waals surface area contributed by atoms with Crippen LogP contribution in [0.3, 0.4) is 0 Å². The number of benzene rings is 2. The van der Waals surface area contributed by atoms with E-state index in [4.69, 9.17) is 15.6 Å². The molecule has 5 N–H and O–H groups in total. The molecule has 0 fully saturated rings. The maximum absolute atomic E-state index is 12.0. The van der Waals surface area contributed by atoms with Crippen molar-refractivity contribution < 1.29 is 19.7 Å². The molecule has 2 unspecified atom stereocenters. The van der Waals surface area contributed by atoms with Gasteiger partial charge in [0.2, 0.25) is 0 Å². The van der Waals surface area contributed by atoms with E-state index in [2.05, 4.69) is 17.4 Å². The summed E-state index contributed by atoms with van der Waals surface area (Å²) in [6.45, 7) is -0.0239. The van der Waals surface area contributed by atoms with Gasteiger partial charge in [0, 0.05) is 12.5 Å². The summed E-state index contributed by atoms with van der Waals surface area (Å²) in [4.78, 5) is 12.0. The fourth-order valence-corrected chi connectivity index (χ4v) is 3.18. The minimum absolute atomic E-state index is 0.0308. The van der Waals surface area contributed by atoms with E-state index in [1.54, 1.807) is 0 Å². The largest absolute Gasteiger partial charge is 0.449 e. The number of carbonyl (C=O) groups excluding carboxylic acids is 1. The maximum atomic E-state index is 12.0. The van der Waals surface area contributed by atoms with Gasteiger partial charge in [0.25, 0.3) is 0 Å². The van der Waals surface area contributed by atoms with E-state index in [0.717, 1.165) is 22.3 Å². The number of aliphatic hydroxyl groups is 2. The zero-order valence-corrected chi connectivity index (χ0v) is 13.8. The lowest BCUT2D eigenvalue weighted by atomic mass is 9.98. The van der Waals surface area contributed by atoms with E-state index in [-0.39, 0.29) is 25.6 Å². The van der Waals surface area contributed by atoms with Crippen molar-refractivity contribution in [1.29, 1.82) is 0 Å². The van der Waals surface area contributed by atoms with Gasteiger partial charge in [0.1, 0.15) is 12.8 Å². The molecule has 1 aliphatic rings. The van der Waals surface area contributed by atoms with Gasteiger partial charge in [-0.2, -0.15) is 0 Å². The molecule has 6 heteroatoms. The molecule has 0 saturated heterocycles. The quantitative estimate of drug-likeness (QED) is 0.596. The van der Waals surface area contributed by atoms with Crippen LogP contribution in [0.5, 0.6) is 0 Å². The van der Waals surface area contributed by atoms with E-state index in [9.17, 15) is 9.90 Å². The van der Waals surface area contributed by atoms with Crippen LogP contribution in [0.4, 0.5) is 4.79 Å². The van der Waals surface area contributed by atoms with Gasteiger partial charge in [-0.05, 0) is 28.7 Å². The van der Waals surface area contributed by atoms with Gasteiger partial charge in [0.15, 0.2) is 0 Å². The first-order chi connectivity index (χ1) is 12.1. The zero-order chi connectivity index (χ0) is 17.8. The molecule has 0 heterocycles. The van der Waals surface area contributed by atoms with Gasteiger partial charge >= 0.3 is 6.09 Å². The summed E-state index contributed by atoms with van der Waals surface area (Å²) < 4.78 is 5.33. The van der Waals surface area contributed by atoms with E-state index in [1.807, 2.05) is 36.4 Å². The Balaban J connectivity index is 1.66. The SMILES string of the molecule is NC(NC(=O)OCC1c2ccccc2-c2ccccc21)C(O)CCO. The van der Waals surface area contributed by atoms with Crippen molar-refractivity contribution in [2.45, 2.75) is 24.6 Å². The third kappa shape index (κ3) is 3.66. The first-order valence-corrected chi connectivity index (χ1v) is 8.28. The molecule has 2 aromatic rings. The molecule has 0 radical (unpaired) electrons. The molecular formula is C19H22N2O4. The molecule has 2 aromatic carbocycles. The predicted molar refractivity (Wildman–Crippen MR) is 93.9 cm³/mol. The highest BCUT2D eigenvalue weighted by Gasteiger charge is 2.29. The Morgan fingerprint density at radius 2 is 1.68 bits per heavy atom. The summed E-state index contributed by atoms with van der Waals surface area (Å²) in [7, 11) is 0. The van der Waals surface area contributed by atoms with Crippen molar-refractivity contribution >= 4 is 6.09 Å². The van der Waals surface area contributed by atoms with E-state index in [1.165, 1.54) is 0 Å². The number of hydrogen-bond acceptors (Lipinski definition) is 5. The summed E-state index contributed by atoms with van der Waals surface area (Å²) in [5.74, 6) is -0.0308. The Morgan fingerprint density at radius 1 is 1.12 bits per heavy atom. The van der Waals surface area contributed by atoms with E-state index < -0.39 is 18.4 Å². The van der Waals surface area contributed by atoms with Crippen molar-refractivity contribution in [3.8, 4) is 11.1 Å². The third-order valence-electron chi connectivity index (χ3n) is 4.47. The average molecular weight is 342 g/mol. The first kappa shape index (κ1) is 17.4. The smallest absolute Gasteiger partial charge is 0.408 e. The lowest BCUT2D eigenvalue weighted by Gasteiger charge is -2.20. The van der Waals surface area contributed by atoms with Crippen LogP contribution >= 0.6 is 0 Å². The molecule has 0 bridgehead atoms. The van der Waals surface area contributed by atoms with Crippen molar-refractivity contribution in [2.75, 3.05) is 13.2 Å². The number of hydrogen-bond donors (Lipinski definition) is 4. The molecule has 132 valence electrons. The van der Waals surface area contributed by atoms with Crippen molar-refractivity contribution in [3.63, 3.8) is 0 Å². The number of carbonyl (C=O) groups is 1. The number of nitrogens with two attached hydrogens (primary N) is 1. The van der Waals surface area contributed by atoms with Gasteiger partial charge in [-0.3, -0.25) is 0 Å². The molecule has 0 aliphatic heterocycles. The number of aliphatic hydroxyl groups excluding tert-OH is 2. The number of alkyl carbamates (subject to hydrolysis) is 1. The predicted octanol–water partition coefficient (Wildman–Crippen LogP) is 1.55. The number of rotatable bonds is 6. The Labute approximate surface area is 146 Å². The van der Waals surface area contributed by atoms with Gasteiger partial charge in [0.05, 0.1) is 6.10 Å². The molecule has 6 nitrogen and oxygen atoms in total. The van der Waals surface area contributed by atoms with E-state index >= 15 is 0 Å². The normalized spacial score (nSPS) is 15.2. The maximum Gasteiger partial charge on any atom is 0.408 e. The molecular weight excluding hydrogens is 320 g/mol. The van der Waals surface area contributed by atoms with Gasteiger partial charge in [-0.1, -0.05) is 48.5 Å². The van der Waals surface area contributed by atoms with Gasteiger partial charge < -0.3 is 26.0 Å². The average Bonchev–Trinajstić information content (AvgIpc) is 2.94. The Kier molecular flexibility index (Phi) is 5.33. The fraction of sp³-hybridized carbons (Fsp3) is 0.316. The number of amides is 1. The summed E-state index contributed by atoms with van der Waals surface area (Å²) >= 11 is 0. The molecule has 1 amide bonds. The molecule has 2 atom stereocenters. The molecule has 1 aliphatic carbocycles. The highest BCUT2D eigenvalue weighted by Crippen LogP contribution is 2.44. The molecule has 0 spiro atoms. The Morgan fingerprint density at radius 3 is 2.24 bits per heavy atom. The van der Waals surface area contributed by atoms with Crippen LogP contribution in [-0.4, -0.2) is 41.8 Å². The summed E-state index contributed by atoms with van der Waals surface area (Å²) in [6, 6.07) is 16.1. The van der Waals surface area contributed by atoms with Crippen LogP contribution in [0.1, 0.15) is 23.5 Å². The third-order valence-corrected chi connectivity index (χ3v) is 4.47. The second kappa shape index (κ2) is 7.65. The molecule has 25 heavy (non-hydrogen) atoms. The van der Waals surface area contributed by atoms with Crippen LogP contribution in [0, 0.1) is 0 Å². The fourth-order valence-electron chi connectivity index (χ4n) is 3.18. The lowest BCUT2D eigenvalue weighted by Crippen LogP contribution is -2.50. The topological polar surface area (TPSA) is 105 Å². The molecule has 0 aromatic heterocycles. The summed E-state index contributed by atoms with van der Waals surface area (Å²) in [5, 5.41) is 20.8. The summed E-state index contributed by atoms with van der Waals surface area (Å²) in [5.41, 5.74) is 10.2. The minimum Gasteiger partial charge on any atom is -0.449 e. The summed E-state index contributed by atoms with van der Waals surface area (Å²) in [6.07, 6.45) is -2.61. The monoisotopic (exact) mass is 342 g/mol. The second-order valence-corrected chi connectivity index (χ2v) is 6.08. The van der Waals surface area contributed by atoms with Gasteiger partial charge in [-0.15, -0.1) is 0 Å². The highest BCUT2D eigenvalue weighted by molar-refractivity contribution is 5.79. The molecule has 3 rings (SSSR count). The van der Waals surface area contributed by atoms with Crippen LogP contribution in [0.15, 0.2) is 48.5 Å². The standard InChI is InChI=1S/C19H22N2O4/c20-18(17(23)9-10-22)21-19(24)25-11-16-14-7-3-1-5-12(14)13-6-2-4-8-15(13)16/h1-8,16-18,22-23H,9-11,20H2,(H,21,24). The van der Waals surface area contributed by atoms with Crippen molar-refractivity contribution in [3.05, 3.63) is 59.7 Å². The number of fused-ring (bicyclic) bond motifs is 3. The van der Waals surface area contributed by atoms with Crippen LogP contribution in [-0.2, 0) is 4.74 Å². The second-order valence-electron chi connectivity index (χ2n) is 6.08. The Bertz CT molecular complexity index is 704. The lowest BCUT2D eigenvalue weighted by molar-refractivity contribution is 0.0859. The number of nitrogens with one attached hydrogen (secondary N) is 1. The van der Waals surface area contributed by atoms with Crippen LogP contribution in [0.25, 0.3) is 11.1 Å². The van der Waals surface area contributed by atoms with Crippen LogP contribution in [0.2, 0.25) is 0 Å². The molecule has 0 saturated carbocycles. The minimum atomic E-state index is -1.02. The van der Waals surface area contributed by atoms with Crippen LogP contribution < -0.4 is 11.1 Å².